The Hall–Kier alpha value is -3.19. The van der Waals surface area contributed by atoms with Crippen LogP contribution in [0.2, 0.25) is 0 Å². The molecule has 2 saturated heterocycles. The molecule has 0 aliphatic carbocycles. The van der Waals surface area contributed by atoms with Crippen LogP contribution in [-0.2, 0) is 11.3 Å². The summed E-state index contributed by atoms with van der Waals surface area (Å²) in [4.78, 5) is 22.3. The summed E-state index contributed by atoms with van der Waals surface area (Å²) in [5.74, 6) is 2.27. The number of anilines is 1. The Balaban J connectivity index is 1.08. The SMILES string of the molecule is Cc1cccc(-c2noc(CN3CCC(C(=O)NC(C)c4ccc(N5CCC(C)CC5)cc4)CC3)n2)c1. The van der Waals surface area contributed by atoms with Crippen LogP contribution in [0, 0.1) is 18.8 Å². The lowest BCUT2D eigenvalue weighted by atomic mass is 9.95. The number of carbonyl (C=O) groups is 1. The highest BCUT2D eigenvalue weighted by molar-refractivity contribution is 5.79. The second kappa shape index (κ2) is 11.5. The van der Waals surface area contributed by atoms with Crippen molar-refractivity contribution < 1.29 is 9.32 Å². The normalized spacial score (nSPS) is 18.6. The van der Waals surface area contributed by atoms with Crippen molar-refractivity contribution in [3.63, 3.8) is 0 Å². The zero-order valence-corrected chi connectivity index (χ0v) is 22.3. The third kappa shape index (κ3) is 6.39. The number of hydrogen-bond acceptors (Lipinski definition) is 6. The van der Waals surface area contributed by atoms with E-state index < -0.39 is 0 Å². The standard InChI is InChI=1S/C30H39N5O2/c1-21-11-17-35(18-12-21)27-9-7-24(8-10-27)23(3)31-30(36)25-13-15-34(16-14-25)20-28-32-29(33-37-28)26-6-4-5-22(2)19-26/h4-10,19,21,23,25H,11-18,20H2,1-3H3,(H,31,36). The highest BCUT2D eigenvalue weighted by Gasteiger charge is 2.27. The van der Waals surface area contributed by atoms with Crippen LogP contribution >= 0.6 is 0 Å². The van der Waals surface area contributed by atoms with E-state index in [0.29, 0.717) is 18.3 Å². The molecule has 3 aromatic rings. The summed E-state index contributed by atoms with van der Waals surface area (Å²) >= 11 is 0. The molecule has 2 aromatic carbocycles. The van der Waals surface area contributed by atoms with Crippen LogP contribution in [0.5, 0.6) is 0 Å². The number of nitrogens with zero attached hydrogens (tertiary/aromatic N) is 4. The molecular weight excluding hydrogens is 462 g/mol. The van der Waals surface area contributed by atoms with Crippen molar-refractivity contribution in [3.8, 4) is 11.4 Å². The van der Waals surface area contributed by atoms with E-state index in [1.54, 1.807) is 0 Å². The Morgan fingerprint density at radius 3 is 2.49 bits per heavy atom. The Morgan fingerprint density at radius 1 is 1.05 bits per heavy atom. The smallest absolute Gasteiger partial charge is 0.241 e. The van der Waals surface area contributed by atoms with Gasteiger partial charge in [-0.15, -0.1) is 0 Å². The average molecular weight is 502 g/mol. The number of amides is 1. The van der Waals surface area contributed by atoms with Crippen molar-refractivity contribution in [2.24, 2.45) is 11.8 Å². The van der Waals surface area contributed by atoms with Crippen molar-refractivity contribution in [2.75, 3.05) is 31.1 Å². The number of benzene rings is 2. The van der Waals surface area contributed by atoms with Gasteiger partial charge in [-0.1, -0.05) is 48.0 Å². The van der Waals surface area contributed by atoms with Crippen molar-refractivity contribution in [1.82, 2.24) is 20.4 Å². The maximum atomic E-state index is 13.0. The van der Waals surface area contributed by atoms with Crippen molar-refractivity contribution in [2.45, 2.75) is 59.0 Å². The van der Waals surface area contributed by atoms with E-state index >= 15 is 0 Å². The monoisotopic (exact) mass is 501 g/mol. The lowest BCUT2D eigenvalue weighted by Crippen LogP contribution is -2.41. The molecule has 1 unspecified atom stereocenters. The molecule has 7 nitrogen and oxygen atoms in total. The molecule has 5 rings (SSSR count). The molecule has 7 heteroatoms. The third-order valence-corrected chi connectivity index (χ3v) is 7.96. The number of piperidine rings is 2. The number of aromatic nitrogens is 2. The molecule has 2 aliphatic rings. The van der Waals surface area contributed by atoms with E-state index in [4.69, 9.17) is 4.52 Å². The van der Waals surface area contributed by atoms with Gasteiger partial charge < -0.3 is 14.7 Å². The van der Waals surface area contributed by atoms with Gasteiger partial charge in [0.05, 0.1) is 12.6 Å². The number of nitrogens with one attached hydrogen (secondary N) is 1. The van der Waals surface area contributed by atoms with E-state index in [0.717, 1.165) is 56.1 Å². The summed E-state index contributed by atoms with van der Waals surface area (Å²) in [7, 11) is 0. The lowest BCUT2D eigenvalue weighted by Gasteiger charge is -2.32. The van der Waals surface area contributed by atoms with Gasteiger partial charge in [-0.05, 0) is 82.3 Å². The highest BCUT2D eigenvalue weighted by Crippen LogP contribution is 2.26. The molecule has 2 fully saturated rings. The Kier molecular flexibility index (Phi) is 7.89. The van der Waals surface area contributed by atoms with Crippen LogP contribution in [-0.4, -0.2) is 47.1 Å². The van der Waals surface area contributed by atoms with Gasteiger partial charge in [-0.25, -0.2) is 0 Å². The maximum Gasteiger partial charge on any atom is 0.241 e. The fourth-order valence-corrected chi connectivity index (χ4v) is 5.42. The van der Waals surface area contributed by atoms with Crippen LogP contribution in [0.4, 0.5) is 5.69 Å². The van der Waals surface area contributed by atoms with Gasteiger partial charge in [0.2, 0.25) is 17.6 Å². The van der Waals surface area contributed by atoms with Gasteiger partial charge in [0.25, 0.3) is 0 Å². The largest absolute Gasteiger partial charge is 0.372 e. The summed E-state index contributed by atoms with van der Waals surface area (Å²) in [6.45, 7) is 11.0. The van der Waals surface area contributed by atoms with E-state index in [1.165, 1.54) is 24.1 Å². The number of carbonyl (C=O) groups excluding carboxylic acids is 1. The number of likely N-dealkylation sites (tertiary alicyclic amines) is 1. The van der Waals surface area contributed by atoms with Crippen LogP contribution in [0.25, 0.3) is 11.4 Å². The number of aryl methyl sites for hydroxylation is 1. The van der Waals surface area contributed by atoms with Crippen molar-refractivity contribution in [1.29, 1.82) is 0 Å². The second-order valence-corrected chi connectivity index (χ2v) is 10.9. The molecule has 2 aliphatic heterocycles. The molecule has 3 heterocycles. The third-order valence-electron chi connectivity index (χ3n) is 7.96. The van der Waals surface area contributed by atoms with Crippen LogP contribution in [0.3, 0.4) is 0 Å². The van der Waals surface area contributed by atoms with E-state index in [1.807, 2.05) is 12.1 Å². The quantitative estimate of drug-likeness (QED) is 0.469. The van der Waals surface area contributed by atoms with Gasteiger partial charge in [-0.2, -0.15) is 4.98 Å². The van der Waals surface area contributed by atoms with Gasteiger partial charge in [0.1, 0.15) is 0 Å². The zero-order valence-electron chi connectivity index (χ0n) is 22.3. The first kappa shape index (κ1) is 25.5. The summed E-state index contributed by atoms with van der Waals surface area (Å²) in [6.07, 6.45) is 4.19. The minimum atomic E-state index is -0.000560. The Morgan fingerprint density at radius 2 is 1.78 bits per heavy atom. The first-order valence-electron chi connectivity index (χ1n) is 13.7. The Labute approximate surface area is 220 Å². The molecule has 0 saturated carbocycles. The molecule has 0 bridgehead atoms. The zero-order chi connectivity index (χ0) is 25.8. The molecule has 37 heavy (non-hydrogen) atoms. The fourth-order valence-electron chi connectivity index (χ4n) is 5.42. The van der Waals surface area contributed by atoms with E-state index in [9.17, 15) is 4.79 Å². The molecule has 0 spiro atoms. The predicted octanol–water partition coefficient (Wildman–Crippen LogP) is 5.37. The summed E-state index contributed by atoms with van der Waals surface area (Å²) < 4.78 is 5.50. The molecule has 0 radical (unpaired) electrons. The number of hydrogen-bond donors (Lipinski definition) is 1. The average Bonchev–Trinajstić information content (AvgIpc) is 3.38. The lowest BCUT2D eigenvalue weighted by molar-refractivity contribution is -0.127. The van der Waals surface area contributed by atoms with Crippen LogP contribution < -0.4 is 10.2 Å². The Bertz CT molecular complexity index is 1170. The van der Waals surface area contributed by atoms with Gasteiger partial charge in [0.15, 0.2) is 0 Å². The molecule has 1 N–H and O–H groups in total. The van der Waals surface area contributed by atoms with Gasteiger partial charge in [-0.3, -0.25) is 9.69 Å². The summed E-state index contributed by atoms with van der Waals surface area (Å²) in [5.41, 5.74) is 4.58. The van der Waals surface area contributed by atoms with E-state index in [-0.39, 0.29) is 17.9 Å². The number of rotatable bonds is 7. The minimum absolute atomic E-state index is 0.000560. The summed E-state index contributed by atoms with van der Waals surface area (Å²) in [6, 6.07) is 16.8. The van der Waals surface area contributed by atoms with Gasteiger partial charge in [0, 0.05) is 30.3 Å². The first-order chi connectivity index (χ1) is 17.9. The molecule has 196 valence electrons. The topological polar surface area (TPSA) is 74.5 Å². The molecule has 1 atom stereocenters. The van der Waals surface area contributed by atoms with Crippen LogP contribution in [0.1, 0.15) is 62.6 Å². The predicted molar refractivity (Wildman–Crippen MR) is 146 cm³/mol. The highest BCUT2D eigenvalue weighted by atomic mass is 16.5. The maximum absolute atomic E-state index is 13.0. The second-order valence-electron chi connectivity index (χ2n) is 10.9. The summed E-state index contributed by atoms with van der Waals surface area (Å²) in [5, 5.41) is 7.40. The minimum Gasteiger partial charge on any atom is -0.372 e. The van der Waals surface area contributed by atoms with Crippen molar-refractivity contribution >= 4 is 11.6 Å². The first-order valence-corrected chi connectivity index (χ1v) is 13.7. The molecule has 1 aromatic heterocycles. The van der Waals surface area contributed by atoms with Gasteiger partial charge >= 0.3 is 0 Å². The van der Waals surface area contributed by atoms with Crippen LogP contribution in [0.15, 0.2) is 53.1 Å². The molecular formula is C30H39N5O2. The molecule has 1 amide bonds. The van der Waals surface area contributed by atoms with E-state index in [2.05, 4.69) is 82.4 Å². The van der Waals surface area contributed by atoms with Crippen molar-refractivity contribution in [3.05, 3.63) is 65.5 Å². The fraction of sp³-hybridized carbons (Fsp3) is 0.500.